The van der Waals surface area contributed by atoms with Crippen molar-refractivity contribution in [3.8, 4) is 5.75 Å². The zero-order chi connectivity index (χ0) is 11.9. The van der Waals surface area contributed by atoms with Gasteiger partial charge in [0, 0.05) is 5.54 Å². The van der Waals surface area contributed by atoms with Gasteiger partial charge in [0.15, 0.2) is 0 Å². The summed E-state index contributed by atoms with van der Waals surface area (Å²) in [5.74, 6) is 1.09. The molecule has 2 heteroatoms. The molecule has 3 rings (SSSR count). The van der Waals surface area contributed by atoms with Crippen LogP contribution in [-0.4, -0.2) is 13.7 Å². The van der Waals surface area contributed by atoms with Gasteiger partial charge in [-0.05, 0) is 68.3 Å². The van der Waals surface area contributed by atoms with Crippen molar-refractivity contribution in [2.75, 3.05) is 13.7 Å². The molecule has 1 aromatic carbocycles. The monoisotopic (exact) mass is 231 g/mol. The molecule has 1 N–H and O–H groups in total. The van der Waals surface area contributed by atoms with Crippen LogP contribution >= 0.6 is 0 Å². The zero-order valence-electron chi connectivity index (χ0n) is 10.8. The highest BCUT2D eigenvalue weighted by Gasteiger charge is 2.34. The molecule has 92 valence electrons. The van der Waals surface area contributed by atoms with E-state index in [1.54, 1.807) is 12.7 Å². The quantitative estimate of drug-likeness (QED) is 0.845. The van der Waals surface area contributed by atoms with Crippen molar-refractivity contribution in [1.29, 1.82) is 0 Å². The van der Waals surface area contributed by atoms with Crippen LogP contribution in [-0.2, 0) is 18.4 Å². The molecule has 1 fully saturated rings. The van der Waals surface area contributed by atoms with Crippen molar-refractivity contribution in [2.24, 2.45) is 0 Å². The van der Waals surface area contributed by atoms with E-state index in [4.69, 9.17) is 4.74 Å². The predicted octanol–water partition coefficient (Wildman–Crippen LogP) is 2.78. The summed E-state index contributed by atoms with van der Waals surface area (Å²) >= 11 is 0. The van der Waals surface area contributed by atoms with Crippen molar-refractivity contribution in [1.82, 2.24) is 5.32 Å². The number of hydrogen-bond acceptors (Lipinski definition) is 2. The van der Waals surface area contributed by atoms with Crippen LogP contribution in [0, 0.1) is 0 Å². The first-order valence-corrected chi connectivity index (χ1v) is 6.69. The molecule has 17 heavy (non-hydrogen) atoms. The van der Waals surface area contributed by atoms with E-state index >= 15 is 0 Å². The van der Waals surface area contributed by atoms with E-state index in [0.29, 0.717) is 0 Å². The normalized spacial score (nSPS) is 27.2. The van der Waals surface area contributed by atoms with E-state index in [1.165, 1.54) is 43.2 Å². The topological polar surface area (TPSA) is 21.3 Å². The van der Waals surface area contributed by atoms with Crippen LogP contribution in [0.3, 0.4) is 0 Å². The lowest BCUT2D eigenvalue weighted by Gasteiger charge is -2.28. The largest absolute Gasteiger partial charge is 0.496 e. The summed E-state index contributed by atoms with van der Waals surface area (Å²) in [5, 5.41) is 3.68. The van der Waals surface area contributed by atoms with Crippen LogP contribution < -0.4 is 10.1 Å². The standard InChI is InChI=1S/C15H21NO/c1-15(9-4-10-16-15)13-7-8-14(17-2)12-6-3-5-11(12)13/h7-8,16H,3-6,9-10H2,1-2H3. The summed E-state index contributed by atoms with van der Waals surface area (Å²) in [6, 6.07) is 4.44. The van der Waals surface area contributed by atoms with E-state index in [-0.39, 0.29) is 5.54 Å². The van der Waals surface area contributed by atoms with E-state index in [2.05, 4.69) is 24.4 Å². The molecule has 1 atom stereocenters. The van der Waals surface area contributed by atoms with Gasteiger partial charge in [-0.15, -0.1) is 0 Å². The van der Waals surface area contributed by atoms with E-state index in [1.807, 2.05) is 0 Å². The molecule has 0 bridgehead atoms. The lowest BCUT2D eigenvalue weighted by molar-refractivity contribution is 0.406. The Bertz CT molecular complexity index is 433. The Morgan fingerprint density at radius 2 is 2.00 bits per heavy atom. The van der Waals surface area contributed by atoms with Crippen LogP contribution in [0.2, 0.25) is 0 Å². The first-order valence-electron chi connectivity index (χ1n) is 6.69. The average Bonchev–Trinajstić information content (AvgIpc) is 2.96. The summed E-state index contributed by atoms with van der Waals surface area (Å²) < 4.78 is 5.49. The SMILES string of the molecule is COc1ccc(C2(C)CCCN2)c2c1CCC2. The van der Waals surface area contributed by atoms with E-state index in [9.17, 15) is 0 Å². The minimum atomic E-state index is 0.195. The molecule has 0 spiro atoms. The van der Waals surface area contributed by atoms with Gasteiger partial charge < -0.3 is 10.1 Å². The number of benzene rings is 1. The van der Waals surface area contributed by atoms with Crippen LogP contribution in [0.5, 0.6) is 5.75 Å². The number of ether oxygens (including phenoxy) is 1. The molecular weight excluding hydrogens is 210 g/mol. The predicted molar refractivity (Wildman–Crippen MR) is 69.6 cm³/mol. The van der Waals surface area contributed by atoms with Gasteiger partial charge in [-0.3, -0.25) is 0 Å². The first-order chi connectivity index (χ1) is 8.24. The highest BCUT2D eigenvalue weighted by molar-refractivity contribution is 5.50. The Hall–Kier alpha value is -1.02. The number of nitrogens with one attached hydrogen (secondary N) is 1. The van der Waals surface area contributed by atoms with Crippen LogP contribution in [0.1, 0.15) is 42.9 Å². The summed E-state index contributed by atoms with van der Waals surface area (Å²) in [6.45, 7) is 3.50. The maximum absolute atomic E-state index is 5.49. The van der Waals surface area contributed by atoms with Crippen molar-refractivity contribution in [2.45, 2.75) is 44.6 Å². The van der Waals surface area contributed by atoms with Gasteiger partial charge in [0.1, 0.15) is 5.75 Å². The van der Waals surface area contributed by atoms with Gasteiger partial charge in [0.2, 0.25) is 0 Å². The molecule has 0 aromatic heterocycles. The molecule has 1 heterocycles. The highest BCUT2D eigenvalue weighted by Crippen LogP contribution is 2.40. The third-order valence-electron chi connectivity index (χ3n) is 4.42. The summed E-state index contributed by atoms with van der Waals surface area (Å²) in [5.41, 5.74) is 4.73. The molecule has 0 radical (unpaired) electrons. The fraction of sp³-hybridized carbons (Fsp3) is 0.600. The maximum atomic E-state index is 5.49. The highest BCUT2D eigenvalue weighted by atomic mass is 16.5. The van der Waals surface area contributed by atoms with Gasteiger partial charge in [0.05, 0.1) is 7.11 Å². The molecule has 1 aliphatic carbocycles. The summed E-state index contributed by atoms with van der Waals surface area (Å²) in [4.78, 5) is 0. The second-order valence-electron chi connectivity index (χ2n) is 5.49. The zero-order valence-corrected chi connectivity index (χ0v) is 10.8. The Morgan fingerprint density at radius 1 is 1.18 bits per heavy atom. The van der Waals surface area contributed by atoms with Gasteiger partial charge in [0.25, 0.3) is 0 Å². The van der Waals surface area contributed by atoms with Crippen LogP contribution in [0.4, 0.5) is 0 Å². The van der Waals surface area contributed by atoms with Crippen molar-refractivity contribution >= 4 is 0 Å². The smallest absolute Gasteiger partial charge is 0.122 e. The van der Waals surface area contributed by atoms with Gasteiger partial charge in [-0.2, -0.15) is 0 Å². The average molecular weight is 231 g/mol. The molecule has 0 saturated carbocycles. The molecule has 2 nitrogen and oxygen atoms in total. The molecular formula is C15H21NO. The molecule has 1 unspecified atom stereocenters. The van der Waals surface area contributed by atoms with E-state index < -0.39 is 0 Å². The first kappa shape index (κ1) is 11.1. The fourth-order valence-electron chi connectivity index (χ4n) is 3.51. The molecule has 1 aromatic rings. The fourth-order valence-corrected chi connectivity index (χ4v) is 3.51. The maximum Gasteiger partial charge on any atom is 0.122 e. The second kappa shape index (κ2) is 4.02. The van der Waals surface area contributed by atoms with Crippen molar-refractivity contribution in [3.05, 3.63) is 28.8 Å². The molecule has 0 amide bonds. The Labute approximate surface area is 103 Å². The minimum Gasteiger partial charge on any atom is -0.496 e. The Morgan fingerprint density at radius 3 is 2.71 bits per heavy atom. The number of hydrogen-bond donors (Lipinski definition) is 1. The number of fused-ring (bicyclic) bond motifs is 1. The number of methoxy groups -OCH3 is 1. The second-order valence-corrected chi connectivity index (χ2v) is 5.49. The van der Waals surface area contributed by atoms with Gasteiger partial charge >= 0.3 is 0 Å². The minimum absolute atomic E-state index is 0.195. The third kappa shape index (κ3) is 1.66. The molecule has 2 aliphatic rings. The van der Waals surface area contributed by atoms with Gasteiger partial charge in [-0.25, -0.2) is 0 Å². The van der Waals surface area contributed by atoms with Crippen LogP contribution in [0.25, 0.3) is 0 Å². The molecule has 1 saturated heterocycles. The summed E-state index contributed by atoms with van der Waals surface area (Å²) in [7, 11) is 1.78. The van der Waals surface area contributed by atoms with E-state index in [0.717, 1.165) is 12.3 Å². The Kier molecular flexibility index (Phi) is 2.62. The van der Waals surface area contributed by atoms with Gasteiger partial charge in [-0.1, -0.05) is 6.07 Å². The summed E-state index contributed by atoms with van der Waals surface area (Å²) in [6.07, 6.45) is 6.23. The third-order valence-corrected chi connectivity index (χ3v) is 4.42. The lowest BCUT2D eigenvalue weighted by Crippen LogP contribution is -2.34. The lowest BCUT2D eigenvalue weighted by atomic mass is 9.85. The van der Waals surface area contributed by atoms with Crippen LogP contribution in [0.15, 0.2) is 12.1 Å². The van der Waals surface area contributed by atoms with Crippen molar-refractivity contribution in [3.63, 3.8) is 0 Å². The number of rotatable bonds is 2. The Balaban J connectivity index is 2.09. The van der Waals surface area contributed by atoms with Crippen molar-refractivity contribution < 1.29 is 4.74 Å². The molecule has 1 aliphatic heterocycles.